The first-order chi connectivity index (χ1) is 12.8. The highest BCUT2D eigenvalue weighted by molar-refractivity contribution is 6.33. The van der Waals surface area contributed by atoms with Gasteiger partial charge in [-0.05, 0) is 46.2 Å². The Morgan fingerprint density at radius 1 is 1.44 bits per heavy atom. The van der Waals surface area contributed by atoms with Crippen molar-refractivity contribution in [2.24, 2.45) is 0 Å². The molecule has 2 bridgehead atoms. The SMILES string of the molecule is CC#C[C@H](C)Oc1cc(N)c(Cl)cc1C(=O)N[C@H]1CC2C[C@H](O)C(C1)N2C. The first-order valence-electron chi connectivity index (χ1n) is 9.19. The van der Waals surface area contributed by atoms with E-state index in [0.717, 1.165) is 19.3 Å². The molecule has 27 heavy (non-hydrogen) atoms. The summed E-state index contributed by atoms with van der Waals surface area (Å²) in [5, 5.41) is 13.6. The molecule has 146 valence electrons. The van der Waals surface area contributed by atoms with Crippen molar-refractivity contribution in [2.45, 2.75) is 63.4 Å². The van der Waals surface area contributed by atoms with Crippen molar-refractivity contribution in [1.29, 1.82) is 0 Å². The number of rotatable bonds is 4. The Hall–Kier alpha value is -1.94. The van der Waals surface area contributed by atoms with Crippen LogP contribution in [-0.4, -0.2) is 53.3 Å². The Morgan fingerprint density at radius 3 is 2.85 bits per heavy atom. The number of carbonyl (C=O) groups excluding carboxylic acids is 1. The first kappa shape index (κ1) is 19.8. The number of anilines is 1. The number of amides is 1. The van der Waals surface area contributed by atoms with Gasteiger partial charge in [0.15, 0.2) is 6.10 Å². The van der Waals surface area contributed by atoms with Gasteiger partial charge in [-0.15, -0.1) is 5.92 Å². The Labute approximate surface area is 165 Å². The molecule has 4 N–H and O–H groups in total. The van der Waals surface area contributed by atoms with Gasteiger partial charge in [0.1, 0.15) is 5.75 Å². The second kappa shape index (κ2) is 7.97. The van der Waals surface area contributed by atoms with Crippen molar-refractivity contribution in [3.63, 3.8) is 0 Å². The highest BCUT2D eigenvalue weighted by atomic mass is 35.5. The van der Waals surface area contributed by atoms with E-state index in [1.165, 1.54) is 6.07 Å². The van der Waals surface area contributed by atoms with Crippen molar-refractivity contribution in [3.05, 3.63) is 22.7 Å². The molecule has 3 rings (SSSR count). The van der Waals surface area contributed by atoms with Crippen LogP contribution in [0.5, 0.6) is 5.75 Å². The van der Waals surface area contributed by atoms with Crippen LogP contribution in [0, 0.1) is 11.8 Å². The minimum absolute atomic E-state index is 0.00196. The lowest BCUT2D eigenvalue weighted by molar-refractivity contribution is 0.0770. The highest BCUT2D eigenvalue weighted by Gasteiger charge is 2.44. The lowest BCUT2D eigenvalue weighted by Crippen LogP contribution is -2.50. The number of nitrogens with one attached hydrogen (secondary N) is 1. The van der Waals surface area contributed by atoms with Crippen molar-refractivity contribution in [2.75, 3.05) is 12.8 Å². The molecular weight excluding hydrogens is 366 g/mol. The molecule has 2 saturated heterocycles. The number of halogens is 1. The summed E-state index contributed by atoms with van der Waals surface area (Å²) >= 11 is 6.14. The zero-order chi connectivity index (χ0) is 19.7. The van der Waals surface area contributed by atoms with Gasteiger partial charge in [0, 0.05) is 24.2 Å². The summed E-state index contributed by atoms with van der Waals surface area (Å²) in [6.07, 6.45) is 1.57. The van der Waals surface area contributed by atoms with Gasteiger partial charge in [0.05, 0.1) is 22.4 Å². The van der Waals surface area contributed by atoms with Gasteiger partial charge in [-0.25, -0.2) is 0 Å². The van der Waals surface area contributed by atoms with E-state index >= 15 is 0 Å². The summed E-state index contributed by atoms with van der Waals surface area (Å²) in [4.78, 5) is 15.1. The van der Waals surface area contributed by atoms with Crippen LogP contribution in [0.2, 0.25) is 5.02 Å². The number of fused-ring (bicyclic) bond motifs is 2. The molecule has 2 aliphatic heterocycles. The average molecular weight is 392 g/mol. The number of hydrogen-bond acceptors (Lipinski definition) is 5. The van der Waals surface area contributed by atoms with E-state index in [2.05, 4.69) is 22.1 Å². The zero-order valence-electron chi connectivity index (χ0n) is 15.8. The predicted octanol–water partition coefficient (Wildman–Crippen LogP) is 2.04. The number of aliphatic hydroxyl groups is 1. The number of nitrogens with two attached hydrogens (primary N) is 1. The maximum Gasteiger partial charge on any atom is 0.255 e. The normalized spacial score (nSPS) is 28.2. The molecular formula is C20H26ClN3O3. The van der Waals surface area contributed by atoms with E-state index in [0.29, 0.717) is 22.0 Å². The van der Waals surface area contributed by atoms with E-state index in [1.807, 2.05) is 7.05 Å². The van der Waals surface area contributed by atoms with E-state index < -0.39 is 0 Å². The van der Waals surface area contributed by atoms with Crippen LogP contribution in [0.4, 0.5) is 5.69 Å². The third-order valence-electron chi connectivity index (χ3n) is 5.47. The summed E-state index contributed by atoms with van der Waals surface area (Å²) in [7, 11) is 2.03. The van der Waals surface area contributed by atoms with Gasteiger partial charge >= 0.3 is 0 Å². The van der Waals surface area contributed by atoms with Gasteiger partial charge in [-0.2, -0.15) is 0 Å². The Balaban J connectivity index is 1.78. The van der Waals surface area contributed by atoms with Crippen LogP contribution in [0.1, 0.15) is 43.5 Å². The molecule has 2 unspecified atom stereocenters. The summed E-state index contributed by atoms with van der Waals surface area (Å²) in [6, 6.07) is 3.46. The minimum Gasteiger partial charge on any atom is -0.477 e. The fraction of sp³-hybridized carbons (Fsp3) is 0.550. The molecule has 1 aromatic rings. The molecule has 0 radical (unpaired) electrons. The van der Waals surface area contributed by atoms with Gasteiger partial charge in [-0.1, -0.05) is 17.5 Å². The fourth-order valence-electron chi connectivity index (χ4n) is 4.09. The summed E-state index contributed by atoms with van der Waals surface area (Å²) < 4.78 is 5.80. The smallest absolute Gasteiger partial charge is 0.255 e. The molecule has 5 atom stereocenters. The molecule has 7 heteroatoms. The van der Waals surface area contributed by atoms with Crippen LogP contribution in [0.15, 0.2) is 12.1 Å². The molecule has 2 heterocycles. The molecule has 0 saturated carbocycles. The Kier molecular flexibility index (Phi) is 5.85. The predicted molar refractivity (Wildman–Crippen MR) is 106 cm³/mol. The first-order valence-corrected chi connectivity index (χ1v) is 9.56. The molecule has 0 aromatic heterocycles. The second-order valence-corrected chi connectivity index (χ2v) is 7.76. The summed E-state index contributed by atoms with van der Waals surface area (Å²) in [5.74, 6) is 5.79. The number of piperidine rings is 1. The van der Waals surface area contributed by atoms with Gasteiger partial charge < -0.3 is 20.9 Å². The number of carbonyl (C=O) groups is 1. The van der Waals surface area contributed by atoms with E-state index in [-0.39, 0.29) is 36.2 Å². The lowest BCUT2D eigenvalue weighted by atomic mass is 9.97. The minimum atomic E-state index is -0.378. The molecule has 2 aliphatic rings. The van der Waals surface area contributed by atoms with Crippen LogP contribution in [0.25, 0.3) is 0 Å². The standard InChI is InChI=1S/C20H26ClN3O3/c1-4-5-11(2)27-19-10-16(22)15(21)9-14(19)20(26)23-12-6-13-8-18(25)17(7-12)24(13)3/h9-13,17-18,25H,6-8,22H2,1-3H3,(H,23,26)/t11-,12-,13?,17?,18-/m0/s1. The second-order valence-electron chi connectivity index (χ2n) is 7.36. The van der Waals surface area contributed by atoms with Crippen molar-refractivity contribution < 1.29 is 14.6 Å². The monoisotopic (exact) mass is 391 g/mol. The number of hydrogen-bond donors (Lipinski definition) is 3. The number of benzene rings is 1. The van der Waals surface area contributed by atoms with Crippen molar-refractivity contribution >= 4 is 23.2 Å². The van der Waals surface area contributed by atoms with Crippen molar-refractivity contribution in [3.8, 4) is 17.6 Å². The van der Waals surface area contributed by atoms with Crippen molar-refractivity contribution in [1.82, 2.24) is 10.2 Å². The van der Waals surface area contributed by atoms with Crippen LogP contribution < -0.4 is 15.8 Å². The number of likely N-dealkylation sites (N-methyl/N-ethyl adjacent to an activating group) is 1. The number of aliphatic hydroxyl groups excluding tert-OH is 1. The summed E-state index contributed by atoms with van der Waals surface area (Å²) in [6.45, 7) is 3.53. The van der Waals surface area contributed by atoms with Gasteiger partial charge in [0.2, 0.25) is 0 Å². The number of nitrogen functional groups attached to an aromatic ring is 1. The van der Waals surface area contributed by atoms with Crippen LogP contribution >= 0.6 is 11.6 Å². The molecule has 0 spiro atoms. The molecule has 6 nitrogen and oxygen atoms in total. The number of ether oxygens (including phenoxy) is 1. The molecule has 0 aliphatic carbocycles. The summed E-state index contributed by atoms with van der Waals surface area (Å²) in [5.41, 5.74) is 6.57. The lowest BCUT2D eigenvalue weighted by Gasteiger charge is -2.36. The highest BCUT2D eigenvalue weighted by Crippen LogP contribution is 2.35. The third-order valence-corrected chi connectivity index (χ3v) is 5.80. The zero-order valence-corrected chi connectivity index (χ0v) is 16.6. The molecule has 2 fully saturated rings. The van der Waals surface area contributed by atoms with Gasteiger partial charge in [0.25, 0.3) is 5.91 Å². The fourth-order valence-corrected chi connectivity index (χ4v) is 4.26. The Morgan fingerprint density at radius 2 is 2.19 bits per heavy atom. The topological polar surface area (TPSA) is 87.8 Å². The van der Waals surface area contributed by atoms with E-state index in [9.17, 15) is 9.90 Å². The maximum atomic E-state index is 12.9. The molecule has 1 amide bonds. The van der Waals surface area contributed by atoms with E-state index in [1.54, 1.807) is 19.9 Å². The maximum absolute atomic E-state index is 12.9. The van der Waals surface area contributed by atoms with Gasteiger partial charge in [-0.3, -0.25) is 9.69 Å². The Bertz CT molecular complexity index is 789. The quantitative estimate of drug-likeness (QED) is 0.540. The third kappa shape index (κ3) is 4.16. The van der Waals surface area contributed by atoms with E-state index in [4.69, 9.17) is 22.1 Å². The molecule has 1 aromatic carbocycles. The number of nitrogens with zero attached hydrogens (tertiary/aromatic N) is 1. The largest absolute Gasteiger partial charge is 0.477 e. The van der Waals surface area contributed by atoms with Crippen LogP contribution in [-0.2, 0) is 0 Å². The average Bonchev–Trinajstić information content (AvgIpc) is 2.76. The van der Waals surface area contributed by atoms with Crippen LogP contribution in [0.3, 0.4) is 0 Å².